The molecule has 0 aliphatic heterocycles. The van der Waals surface area contributed by atoms with Crippen molar-refractivity contribution in [3.63, 3.8) is 0 Å². The second kappa shape index (κ2) is 9.82. The highest BCUT2D eigenvalue weighted by Crippen LogP contribution is 2.33. The van der Waals surface area contributed by atoms with Crippen molar-refractivity contribution in [2.24, 2.45) is 0 Å². The molecule has 7 nitrogen and oxygen atoms in total. The average Bonchev–Trinajstić information content (AvgIpc) is 2.78. The molecule has 0 unspecified atom stereocenters. The van der Waals surface area contributed by atoms with Crippen LogP contribution in [0.1, 0.15) is 27.6 Å². The Kier molecular flexibility index (Phi) is 7.12. The first-order valence-electron chi connectivity index (χ1n) is 9.25. The summed E-state index contributed by atoms with van der Waals surface area (Å²) in [6.45, 7) is 0. The fourth-order valence-electron chi connectivity index (χ4n) is 2.90. The van der Waals surface area contributed by atoms with Gasteiger partial charge in [0.1, 0.15) is 0 Å². The Bertz CT molecular complexity index is 1200. The Morgan fingerprint density at radius 1 is 1.00 bits per heavy atom. The van der Waals surface area contributed by atoms with Gasteiger partial charge in [-0.1, -0.05) is 42.5 Å². The van der Waals surface area contributed by atoms with Crippen molar-refractivity contribution < 1.29 is 32.4 Å². The molecule has 1 amide bonds. The third kappa shape index (κ3) is 5.75. The molecule has 0 spiro atoms. The van der Waals surface area contributed by atoms with Crippen molar-refractivity contribution in [2.75, 3.05) is 5.32 Å². The molecule has 3 aromatic carbocycles. The van der Waals surface area contributed by atoms with Crippen LogP contribution in [-0.4, -0.2) is 16.8 Å². The molecule has 0 heterocycles. The van der Waals surface area contributed by atoms with Crippen LogP contribution in [0.3, 0.4) is 0 Å². The number of anilines is 1. The molecule has 3 rings (SSSR count). The minimum absolute atomic E-state index is 0.137. The summed E-state index contributed by atoms with van der Waals surface area (Å²) in [5.41, 5.74) is -1.81. The van der Waals surface area contributed by atoms with E-state index in [-0.39, 0.29) is 21.4 Å². The maximum Gasteiger partial charge on any atom is 0.417 e. The molecule has 170 valence electrons. The number of benzene rings is 3. The molecule has 33 heavy (non-hydrogen) atoms. The normalized spacial score (nSPS) is 12.0. The molecule has 3 aromatic rings. The Morgan fingerprint density at radius 3 is 2.24 bits per heavy atom. The number of rotatable bonds is 6. The SMILES string of the molecule is O=C(O[C@@H](C(=O)Nc1ccc([N+](=O)[O-])cc1Br)c1ccccc1)c1ccccc1C(F)(F)F. The van der Waals surface area contributed by atoms with Gasteiger partial charge in [-0.2, -0.15) is 13.2 Å². The first-order valence-corrected chi connectivity index (χ1v) is 10.0. The van der Waals surface area contributed by atoms with Crippen LogP contribution in [0.15, 0.2) is 77.3 Å². The van der Waals surface area contributed by atoms with Gasteiger partial charge in [0, 0.05) is 22.2 Å². The molecule has 1 N–H and O–H groups in total. The van der Waals surface area contributed by atoms with Gasteiger partial charge < -0.3 is 10.1 Å². The summed E-state index contributed by atoms with van der Waals surface area (Å²) < 4.78 is 45.3. The number of nitrogens with zero attached hydrogens (tertiary/aromatic N) is 1. The van der Waals surface area contributed by atoms with E-state index in [4.69, 9.17) is 4.74 Å². The number of alkyl halides is 3. The van der Waals surface area contributed by atoms with E-state index in [9.17, 15) is 32.9 Å². The zero-order chi connectivity index (χ0) is 24.2. The monoisotopic (exact) mass is 522 g/mol. The van der Waals surface area contributed by atoms with E-state index in [1.807, 2.05) is 0 Å². The lowest BCUT2D eigenvalue weighted by Crippen LogP contribution is -2.27. The molecule has 0 saturated carbocycles. The minimum atomic E-state index is -4.80. The highest BCUT2D eigenvalue weighted by atomic mass is 79.9. The van der Waals surface area contributed by atoms with Gasteiger partial charge in [0.2, 0.25) is 6.10 Å². The fraction of sp³-hybridized carbons (Fsp3) is 0.0909. The van der Waals surface area contributed by atoms with Crippen molar-refractivity contribution in [3.05, 3.63) is 104 Å². The first-order chi connectivity index (χ1) is 15.6. The predicted octanol–water partition coefficient (Wildman–Crippen LogP) is 5.91. The maximum atomic E-state index is 13.3. The number of nitro benzene ring substituents is 1. The van der Waals surface area contributed by atoms with E-state index >= 15 is 0 Å². The molecule has 0 saturated heterocycles. The van der Waals surface area contributed by atoms with Crippen molar-refractivity contribution in [1.82, 2.24) is 0 Å². The van der Waals surface area contributed by atoms with Gasteiger partial charge in [0.05, 0.1) is 21.7 Å². The largest absolute Gasteiger partial charge is 0.444 e. The molecule has 0 radical (unpaired) electrons. The predicted molar refractivity (Wildman–Crippen MR) is 115 cm³/mol. The number of nitrogens with one attached hydrogen (secondary N) is 1. The van der Waals surface area contributed by atoms with Gasteiger partial charge in [0.25, 0.3) is 11.6 Å². The Hall–Kier alpha value is -3.73. The Balaban J connectivity index is 1.92. The quantitative estimate of drug-likeness (QED) is 0.246. The topological polar surface area (TPSA) is 98.5 Å². The van der Waals surface area contributed by atoms with Crippen LogP contribution in [0.25, 0.3) is 0 Å². The van der Waals surface area contributed by atoms with Gasteiger partial charge in [-0.25, -0.2) is 4.79 Å². The smallest absolute Gasteiger partial charge is 0.417 e. The zero-order valence-corrected chi connectivity index (χ0v) is 18.1. The number of hydrogen-bond acceptors (Lipinski definition) is 5. The van der Waals surface area contributed by atoms with Crippen LogP contribution in [0, 0.1) is 10.1 Å². The molecule has 0 aromatic heterocycles. The number of esters is 1. The Morgan fingerprint density at radius 2 is 1.64 bits per heavy atom. The standard InChI is InChI=1S/C22H14BrF3N2O5/c23-17-12-14(28(31)32)10-11-18(17)27-20(29)19(13-6-2-1-3-7-13)33-21(30)15-8-4-5-9-16(15)22(24,25)26/h1-12,19H,(H,27,29)/t19-/m1/s1. The number of non-ortho nitro benzene ring substituents is 1. The number of carbonyl (C=O) groups is 2. The highest BCUT2D eigenvalue weighted by molar-refractivity contribution is 9.10. The van der Waals surface area contributed by atoms with Gasteiger partial charge in [-0.05, 0) is 34.1 Å². The summed E-state index contributed by atoms with van der Waals surface area (Å²) >= 11 is 3.12. The lowest BCUT2D eigenvalue weighted by atomic mass is 10.1. The van der Waals surface area contributed by atoms with Gasteiger partial charge >= 0.3 is 12.1 Å². The van der Waals surface area contributed by atoms with E-state index in [1.165, 1.54) is 30.3 Å². The number of amides is 1. The summed E-state index contributed by atoms with van der Waals surface area (Å²) in [7, 11) is 0. The third-order valence-electron chi connectivity index (χ3n) is 4.44. The van der Waals surface area contributed by atoms with Gasteiger partial charge in [-0.3, -0.25) is 14.9 Å². The minimum Gasteiger partial charge on any atom is -0.444 e. The van der Waals surface area contributed by atoms with Crippen LogP contribution in [0.4, 0.5) is 24.5 Å². The number of ether oxygens (including phenoxy) is 1. The van der Waals surface area contributed by atoms with Crippen LogP contribution in [-0.2, 0) is 15.7 Å². The lowest BCUT2D eigenvalue weighted by molar-refractivity contribution is -0.384. The number of hydrogen-bond donors (Lipinski definition) is 1. The second-order valence-corrected chi connectivity index (χ2v) is 7.50. The summed E-state index contributed by atoms with van der Waals surface area (Å²) in [6, 6.07) is 15.4. The van der Waals surface area contributed by atoms with E-state index in [2.05, 4.69) is 21.2 Å². The van der Waals surface area contributed by atoms with E-state index in [1.54, 1.807) is 18.2 Å². The highest BCUT2D eigenvalue weighted by Gasteiger charge is 2.36. The molecule has 0 aliphatic carbocycles. The fourth-order valence-corrected chi connectivity index (χ4v) is 3.36. The summed E-state index contributed by atoms with van der Waals surface area (Å²) in [6.07, 6.45) is -6.40. The Labute approximate surface area is 193 Å². The summed E-state index contributed by atoms with van der Waals surface area (Å²) in [5.74, 6) is -2.21. The second-order valence-electron chi connectivity index (χ2n) is 6.65. The number of carbonyl (C=O) groups excluding carboxylic acids is 2. The molecule has 0 aliphatic rings. The zero-order valence-electron chi connectivity index (χ0n) is 16.5. The number of halogens is 4. The van der Waals surface area contributed by atoms with E-state index in [0.29, 0.717) is 0 Å². The van der Waals surface area contributed by atoms with E-state index in [0.717, 1.165) is 24.3 Å². The molecular weight excluding hydrogens is 509 g/mol. The molecule has 0 bridgehead atoms. The molecule has 0 fully saturated rings. The van der Waals surface area contributed by atoms with Crippen molar-refractivity contribution in [3.8, 4) is 0 Å². The van der Waals surface area contributed by atoms with Crippen LogP contribution >= 0.6 is 15.9 Å². The molecular formula is C22H14BrF3N2O5. The van der Waals surface area contributed by atoms with Gasteiger partial charge in [-0.15, -0.1) is 0 Å². The van der Waals surface area contributed by atoms with Crippen molar-refractivity contribution in [2.45, 2.75) is 12.3 Å². The van der Waals surface area contributed by atoms with Crippen LogP contribution in [0.2, 0.25) is 0 Å². The van der Waals surface area contributed by atoms with Crippen molar-refractivity contribution >= 4 is 39.2 Å². The maximum absolute atomic E-state index is 13.3. The van der Waals surface area contributed by atoms with Gasteiger partial charge in [0.15, 0.2) is 0 Å². The third-order valence-corrected chi connectivity index (χ3v) is 5.10. The average molecular weight is 523 g/mol. The summed E-state index contributed by atoms with van der Waals surface area (Å²) in [5, 5.41) is 13.4. The molecule has 11 heteroatoms. The van der Waals surface area contributed by atoms with Crippen LogP contribution in [0.5, 0.6) is 0 Å². The molecule has 1 atom stereocenters. The van der Waals surface area contributed by atoms with Crippen molar-refractivity contribution in [1.29, 1.82) is 0 Å². The van der Waals surface area contributed by atoms with Crippen LogP contribution < -0.4 is 5.32 Å². The number of nitro groups is 1. The first kappa shape index (κ1) is 23.9. The lowest BCUT2D eigenvalue weighted by Gasteiger charge is -2.20. The summed E-state index contributed by atoms with van der Waals surface area (Å²) in [4.78, 5) is 35.9. The van der Waals surface area contributed by atoms with E-state index < -0.39 is 40.2 Å².